The Morgan fingerprint density at radius 1 is 1.17 bits per heavy atom. The lowest BCUT2D eigenvalue weighted by Gasteiger charge is -2.22. The van der Waals surface area contributed by atoms with Gasteiger partial charge in [-0.3, -0.25) is 13.9 Å². The fraction of sp³-hybridized carbons (Fsp3) is 0.300. The van der Waals surface area contributed by atoms with Gasteiger partial charge in [-0.25, -0.2) is 12.8 Å². The molecule has 0 bridgehead atoms. The van der Waals surface area contributed by atoms with Gasteiger partial charge in [-0.05, 0) is 36.2 Å². The Morgan fingerprint density at radius 3 is 2.43 bits per heavy atom. The minimum absolute atomic E-state index is 0.0435. The number of halogens is 2. The zero-order chi connectivity index (χ0) is 22.5. The van der Waals surface area contributed by atoms with Crippen molar-refractivity contribution in [1.29, 1.82) is 0 Å². The number of hydrogen-bond acceptors (Lipinski definition) is 4. The lowest BCUT2D eigenvalue weighted by molar-refractivity contribution is -0.114. The number of benzene rings is 2. The fourth-order valence-corrected chi connectivity index (χ4v) is 3.57. The third kappa shape index (κ3) is 6.43. The Labute approximate surface area is 180 Å². The molecular formula is C20H23ClFN3O4S. The van der Waals surface area contributed by atoms with Crippen LogP contribution < -0.4 is 14.9 Å². The number of nitrogens with zero attached hydrogens (tertiary/aromatic N) is 1. The molecule has 0 saturated heterocycles. The second kappa shape index (κ2) is 9.90. The van der Waals surface area contributed by atoms with Gasteiger partial charge in [0.25, 0.3) is 5.91 Å². The molecule has 7 nitrogen and oxygen atoms in total. The Kier molecular flexibility index (Phi) is 7.80. The highest BCUT2D eigenvalue weighted by Gasteiger charge is 2.23. The first kappa shape index (κ1) is 23.6. The van der Waals surface area contributed by atoms with E-state index in [0.717, 1.165) is 22.7 Å². The highest BCUT2D eigenvalue weighted by molar-refractivity contribution is 7.92. The van der Waals surface area contributed by atoms with Gasteiger partial charge < -0.3 is 10.6 Å². The molecule has 2 aromatic carbocycles. The summed E-state index contributed by atoms with van der Waals surface area (Å²) in [6.07, 6.45) is 0.921. The van der Waals surface area contributed by atoms with Crippen molar-refractivity contribution in [3.8, 4) is 0 Å². The molecule has 2 aromatic rings. The van der Waals surface area contributed by atoms with Crippen molar-refractivity contribution in [2.24, 2.45) is 5.92 Å². The summed E-state index contributed by atoms with van der Waals surface area (Å²) in [7, 11) is -3.87. The number of rotatable bonds is 8. The maximum Gasteiger partial charge on any atom is 0.253 e. The van der Waals surface area contributed by atoms with Crippen LogP contribution >= 0.6 is 11.6 Å². The number of nitrogens with one attached hydrogen (secondary N) is 2. The third-order valence-corrected chi connectivity index (χ3v) is 5.43. The first-order valence-electron chi connectivity index (χ1n) is 9.09. The summed E-state index contributed by atoms with van der Waals surface area (Å²) < 4.78 is 38.6. The van der Waals surface area contributed by atoms with E-state index in [0.29, 0.717) is 6.54 Å². The third-order valence-electron chi connectivity index (χ3n) is 4.00. The summed E-state index contributed by atoms with van der Waals surface area (Å²) in [5.74, 6) is -1.49. The van der Waals surface area contributed by atoms with Gasteiger partial charge in [-0.2, -0.15) is 0 Å². The molecule has 0 saturated carbocycles. The maximum absolute atomic E-state index is 13.4. The van der Waals surface area contributed by atoms with Crippen molar-refractivity contribution in [2.45, 2.75) is 13.8 Å². The lowest BCUT2D eigenvalue weighted by Crippen LogP contribution is -2.38. The molecule has 0 aromatic heterocycles. The summed E-state index contributed by atoms with van der Waals surface area (Å²) >= 11 is 5.74. The number of carbonyl (C=O) groups is 2. The average molecular weight is 456 g/mol. The molecule has 0 aliphatic carbocycles. The van der Waals surface area contributed by atoms with E-state index in [1.54, 1.807) is 24.3 Å². The molecule has 162 valence electrons. The number of carbonyl (C=O) groups excluding carboxylic acids is 2. The second-order valence-corrected chi connectivity index (χ2v) is 9.38. The normalized spacial score (nSPS) is 11.3. The summed E-state index contributed by atoms with van der Waals surface area (Å²) in [5.41, 5.74) is 0.540. The van der Waals surface area contributed by atoms with Crippen molar-refractivity contribution >= 4 is 44.8 Å². The van der Waals surface area contributed by atoms with Crippen molar-refractivity contribution in [3.05, 3.63) is 58.9 Å². The maximum atomic E-state index is 13.4. The predicted molar refractivity (Wildman–Crippen MR) is 116 cm³/mol. The summed E-state index contributed by atoms with van der Waals surface area (Å²) in [4.78, 5) is 25.0. The molecule has 2 N–H and O–H groups in total. The van der Waals surface area contributed by atoms with Crippen LogP contribution in [0.25, 0.3) is 0 Å². The topological polar surface area (TPSA) is 95.6 Å². The van der Waals surface area contributed by atoms with Crippen LogP contribution in [0, 0.1) is 11.7 Å². The number of sulfonamides is 1. The zero-order valence-electron chi connectivity index (χ0n) is 16.8. The first-order chi connectivity index (χ1) is 14.0. The molecule has 0 spiro atoms. The van der Waals surface area contributed by atoms with Crippen LogP contribution in [-0.4, -0.2) is 39.6 Å². The SMILES string of the molecule is CC(C)CNC(=O)c1ccccc1NC(=O)CN(c1ccc(F)c(Cl)c1)S(C)(=O)=O. The monoisotopic (exact) mass is 455 g/mol. The van der Waals surface area contributed by atoms with Crippen LogP contribution in [-0.2, 0) is 14.8 Å². The van der Waals surface area contributed by atoms with Crippen LogP contribution in [0.1, 0.15) is 24.2 Å². The van der Waals surface area contributed by atoms with Gasteiger partial charge >= 0.3 is 0 Å². The molecule has 0 aliphatic rings. The average Bonchev–Trinajstić information content (AvgIpc) is 2.66. The number of anilines is 2. The molecule has 0 fully saturated rings. The Balaban J connectivity index is 2.22. The first-order valence-corrected chi connectivity index (χ1v) is 11.3. The molecule has 0 atom stereocenters. The van der Waals surface area contributed by atoms with E-state index in [1.165, 1.54) is 6.07 Å². The fourth-order valence-electron chi connectivity index (χ4n) is 2.54. The van der Waals surface area contributed by atoms with Gasteiger partial charge in [0.05, 0.1) is 28.2 Å². The van der Waals surface area contributed by atoms with Crippen LogP contribution in [0.2, 0.25) is 5.02 Å². The minimum Gasteiger partial charge on any atom is -0.352 e. The largest absolute Gasteiger partial charge is 0.352 e. The van der Waals surface area contributed by atoms with Gasteiger partial charge in [-0.15, -0.1) is 0 Å². The molecule has 10 heteroatoms. The molecule has 0 unspecified atom stereocenters. The number of para-hydroxylation sites is 1. The van der Waals surface area contributed by atoms with E-state index in [9.17, 15) is 22.4 Å². The van der Waals surface area contributed by atoms with E-state index in [-0.39, 0.29) is 33.8 Å². The van der Waals surface area contributed by atoms with Gasteiger partial charge in [-0.1, -0.05) is 37.6 Å². The van der Waals surface area contributed by atoms with Crippen LogP contribution in [0.5, 0.6) is 0 Å². The standard InChI is InChI=1S/C20H23ClFN3O4S/c1-13(2)11-23-20(27)15-6-4-5-7-18(15)24-19(26)12-25(30(3,28)29)14-8-9-17(22)16(21)10-14/h4-10,13H,11-12H2,1-3H3,(H,23,27)(H,24,26). The number of amides is 2. The quantitative estimate of drug-likeness (QED) is 0.638. The van der Waals surface area contributed by atoms with Crippen molar-refractivity contribution in [2.75, 3.05) is 29.0 Å². The van der Waals surface area contributed by atoms with Gasteiger partial charge in [0, 0.05) is 6.54 Å². The van der Waals surface area contributed by atoms with E-state index in [2.05, 4.69) is 10.6 Å². The van der Waals surface area contributed by atoms with E-state index < -0.39 is 28.3 Å². The highest BCUT2D eigenvalue weighted by Crippen LogP contribution is 2.24. The summed E-state index contributed by atoms with van der Waals surface area (Å²) in [6.45, 7) is 3.79. The van der Waals surface area contributed by atoms with Crippen LogP contribution in [0.15, 0.2) is 42.5 Å². The van der Waals surface area contributed by atoms with Crippen molar-refractivity contribution in [3.63, 3.8) is 0 Å². The van der Waals surface area contributed by atoms with Crippen molar-refractivity contribution in [1.82, 2.24) is 5.32 Å². The molecule has 0 radical (unpaired) electrons. The molecular weight excluding hydrogens is 433 g/mol. The van der Waals surface area contributed by atoms with E-state index in [1.807, 2.05) is 13.8 Å². The Morgan fingerprint density at radius 2 is 1.83 bits per heavy atom. The van der Waals surface area contributed by atoms with Crippen LogP contribution in [0.4, 0.5) is 15.8 Å². The van der Waals surface area contributed by atoms with Gasteiger partial charge in [0.15, 0.2) is 0 Å². The lowest BCUT2D eigenvalue weighted by atomic mass is 10.1. The highest BCUT2D eigenvalue weighted by atomic mass is 35.5. The van der Waals surface area contributed by atoms with Crippen LogP contribution in [0.3, 0.4) is 0 Å². The second-order valence-electron chi connectivity index (χ2n) is 7.07. The minimum atomic E-state index is -3.87. The van der Waals surface area contributed by atoms with E-state index >= 15 is 0 Å². The van der Waals surface area contributed by atoms with E-state index in [4.69, 9.17) is 11.6 Å². The van der Waals surface area contributed by atoms with Gasteiger partial charge in [0.1, 0.15) is 12.4 Å². The molecule has 0 aliphatic heterocycles. The molecule has 2 rings (SSSR count). The Bertz CT molecular complexity index is 1040. The predicted octanol–water partition coefficient (Wildman–Crippen LogP) is 3.27. The molecule has 30 heavy (non-hydrogen) atoms. The Hall–Kier alpha value is -2.65. The smallest absolute Gasteiger partial charge is 0.253 e. The summed E-state index contributed by atoms with van der Waals surface area (Å²) in [6, 6.07) is 9.75. The molecule has 2 amide bonds. The number of hydrogen-bond donors (Lipinski definition) is 2. The van der Waals surface area contributed by atoms with Gasteiger partial charge in [0.2, 0.25) is 15.9 Å². The zero-order valence-corrected chi connectivity index (χ0v) is 18.3. The summed E-state index contributed by atoms with van der Waals surface area (Å²) in [5, 5.41) is 5.06. The molecule has 0 heterocycles. The van der Waals surface area contributed by atoms with Crippen molar-refractivity contribution < 1.29 is 22.4 Å².